The smallest absolute Gasteiger partial charge is 0.310 e. The van der Waals surface area contributed by atoms with E-state index in [1.165, 1.54) is 0 Å². The predicted octanol–water partition coefficient (Wildman–Crippen LogP) is 0.419. The lowest BCUT2D eigenvalue weighted by Crippen LogP contribution is -2.49. The van der Waals surface area contributed by atoms with Gasteiger partial charge in [-0.05, 0) is 26.3 Å². The molecule has 114 valence electrons. The molecule has 1 heterocycles. The van der Waals surface area contributed by atoms with Gasteiger partial charge in [-0.3, -0.25) is 14.5 Å². The second kappa shape index (κ2) is 6.54. The Hall–Kier alpha value is -1.14. The lowest BCUT2D eigenvalue weighted by atomic mass is 10.0. The van der Waals surface area contributed by atoms with Gasteiger partial charge in [0.1, 0.15) is 0 Å². The number of carboxylic acid groups (broad SMARTS) is 1. The second-order valence-corrected chi connectivity index (χ2v) is 5.52. The molecule has 2 rings (SSSR count). The Morgan fingerprint density at radius 1 is 1.20 bits per heavy atom. The summed E-state index contributed by atoms with van der Waals surface area (Å²) in [5.74, 6) is -1.26. The number of hydrogen-bond donors (Lipinski definition) is 1. The molecule has 1 amide bonds. The number of ether oxygens (including phenoxy) is 1. The summed E-state index contributed by atoms with van der Waals surface area (Å²) in [6.07, 6.45) is 2.19. The second-order valence-electron chi connectivity index (χ2n) is 5.52. The maximum absolute atomic E-state index is 12.4. The van der Waals surface area contributed by atoms with Crippen LogP contribution < -0.4 is 0 Å². The van der Waals surface area contributed by atoms with Gasteiger partial charge in [-0.2, -0.15) is 0 Å². The third kappa shape index (κ3) is 3.30. The summed E-state index contributed by atoms with van der Waals surface area (Å²) in [7, 11) is 0. The van der Waals surface area contributed by atoms with Crippen molar-refractivity contribution < 1.29 is 19.4 Å². The molecule has 1 aliphatic carbocycles. The van der Waals surface area contributed by atoms with Crippen LogP contribution in [0.3, 0.4) is 0 Å². The Labute approximate surface area is 119 Å². The van der Waals surface area contributed by atoms with Crippen molar-refractivity contribution in [1.82, 2.24) is 9.80 Å². The number of likely N-dealkylation sites (N-methyl/N-ethyl adjacent to an activating group) is 2. The first-order chi connectivity index (χ1) is 9.58. The largest absolute Gasteiger partial charge is 0.481 e. The fourth-order valence-corrected chi connectivity index (χ4v) is 2.89. The number of amides is 1. The first kappa shape index (κ1) is 15.3. The zero-order chi connectivity index (χ0) is 14.7. The van der Waals surface area contributed by atoms with E-state index in [9.17, 15) is 14.7 Å². The first-order valence-corrected chi connectivity index (χ1v) is 7.42. The Morgan fingerprint density at radius 3 is 2.40 bits per heavy atom. The Balaban J connectivity index is 1.97. The molecule has 2 aliphatic rings. The lowest BCUT2D eigenvalue weighted by molar-refractivity contribution is -0.144. The fourth-order valence-electron chi connectivity index (χ4n) is 2.89. The van der Waals surface area contributed by atoms with Gasteiger partial charge < -0.3 is 14.7 Å². The molecule has 0 radical (unpaired) electrons. The number of carboxylic acids is 1. The summed E-state index contributed by atoms with van der Waals surface area (Å²) in [6.45, 7) is 6.26. The molecule has 2 atom stereocenters. The highest BCUT2D eigenvalue weighted by atomic mass is 16.5. The quantitative estimate of drug-likeness (QED) is 0.733. The third-order valence-electron chi connectivity index (χ3n) is 4.23. The van der Waals surface area contributed by atoms with Gasteiger partial charge in [-0.1, -0.05) is 6.92 Å². The van der Waals surface area contributed by atoms with Gasteiger partial charge in [0.05, 0.1) is 25.7 Å². The van der Waals surface area contributed by atoms with E-state index < -0.39 is 11.9 Å². The predicted molar refractivity (Wildman–Crippen MR) is 73.4 cm³/mol. The molecule has 0 aromatic carbocycles. The number of carbonyl (C=O) groups is 2. The van der Waals surface area contributed by atoms with Crippen LogP contribution in [0, 0.1) is 5.92 Å². The van der Waals surface area contributed by atoms with Crippen molar-refractivity contribution in [3.63, 3.8) is 0 Å². The molecule has 0 aromatic heterocycles. The number of carbonyl (C=O) groups excluding carboxylic acids is 1. The van der Waals surface area contributed by atoms with Gasteiger partial charge in [-0.15, -0.1) is 0 Å². The van der Waals surface area contributed by atoms with E-state index in [4.69, 9.17) is 4.74 Å². The number of rotatable bonds is 7. The van der Waals surface area contributed by atoms with E-state index >= 15 is 0 Å². The molecule has 1 N–H and O–H groups in total. The van der Waals surface area contributed by atoms with Gasteiger partial charge in [0.25, 0.3) is 0 Å². The highest BCUT2D eigenvalue weighted by molar-refractivity contribution is 5.79. The van der Waals surface area contributed by atoms with Crippen molar-refractivity contribution >= 4 is 11.9 Å². The van der Waals surface area contributed by atoms with Crippen molar-refractivity contribution in [1.29, 1.82) is 0 Å². The number of aliphatic carboxylic acids is 1. The molecule has 1 aliphatic heterocycles. The Kier molecular flexibility index (Phi) is 4.99. The highest BCUT2D eigenvalue weighted by Crippen LogP contribution is 2.27. The van der Waals surface area contributed by atoms with Crippen LogP contribution in [-0.4, -0.2) is 71.7 Å². The topological polar surface area (TPSA) is 70.1 Å². The minimum atomic E-state index is -0.840. The van der Waals surface area contributed by atoms with Crippen molar-refractivity contribution in [2.45, 2.75) is 38.8 Å². The van der Waals surface area contributed by atoms with Crippen LogP contribution in [0.15, 0.2) is 0 Å². The molecule has 0 spiro atoms. The van der Waals surface area contributed by atoms with Crippen LogP contribution in [0.1, 0.15) is 26.7 Å². The molecule has 2 unspecified atom stereocenters. The standard InChI is InChI=1S/C14H24N2O4/c1-3-15(12-9-20-8-11(12)14(18)19)7-13(17)16(4-2)10-5-6-10/h10-12H,3-9H2,1-2H3,(H,18,19). The fraction of sp³-hybridized carbons (Fsp3) is 0.857. The van der Waals surface area contributed by atoms with Crippen molar-refractivity contribution in [2.24, 2.45) is 5.92 Å². The molecule has 20 heavy (non-hydrogen) atoms. The molecular formula is C14H24N2O4. The average Bonchev–Trinajstić information content (AvgIpc) is 3.12. The van der Waals surface area contributed by atoms with Crippen LogP contribution >= 0.6 is 0 Å². The summed E-state index contributed by atoms with van der Waals surface area (Å²) >= 11 is 0. The minimum Gasteiger partial charge on any atom is -0.481 e. The Morgan fingerprint density at radius 2 is 1.90 bits per heavy atom. The van der Waals surface area contributed by atoms with E-state index in [-0.39, 0.29) is 18.6 Å². The van der Waals surface area contributed by atoms with Crippen molar-refractivity contribution in [3.05, 3.63) is 0 Å². The van der Waals surface area contributed by atoms with E-state index in [2.05, 4.69) is 0 Å². The zero-order valence-corrected chi connectivity index (χ0v) is 12.2. The minimum absolute atomic E-state index is 0.105. The SMILES string of the molecule is CCN(CC(=O)N(CC)C1CC1)C1COCC1C(=O)O. The molecular weight excluding hydrogens is 260 g/mol. The maximum Gasteiger partial charge on any atom is 0.310 e. The number of nitrogens with zero attached hydrogens (tertiary/aromatic N) is 2. The molecule has 6 heteroatoms. The number of hydrogen-bond acceptors (Lipinski definition) is 4. The van der Waals surface area contributed by atoms with E-state index in [1.54, 1.807) is 0 Å². The van der Waals surface area contributed by atoms with Crippen LogP contribution in [0.2, 0.25) is 0 Å². The highest BCUT2D eigenvalue weighted by Gasteiger charge is 2.39. The normalized spacial score (nSPS) is 25.9. The van der Waals surface area contributed by atoms with Crippen LogP contribution in [0.4, 0.5) is 0 Å². The molecule has 1 saturated heterocycles. The van der Waals surface area contributed by atoms with Gasteiger partial charge >= 0.3 is 5.97 Å². The van der Waals surface area contributed by atoms with Crippen LogP contribution in [0.25, 0.3) is 0 Å². The summed E-state index contributed by atoms with van der Waals surface area (Å²) < 4.78 is 5.29. The van der Waals surface area contributed by atoms with Crippen LogP contribution in [-0.2, 0) is 14.3 Å². The molecule has 6 nitrogen and oxygen atoms in total. The molecule has 0 aromatic rings. The summed E-state index contributed by atoms with van der Waals surface area (Å²) in [4.78, 5) is 27.4. The van der Waals surface area contributed by atoms with Gasteiger partial charge in [0, 0.05) is 18.6 Å². The van der Waals surface area contributed by atoms with Crippen molar-refractivity contribution in [2.75, 3.05) is 32.8 Å². The van der Waals surface area contributed by atoms with Gasteiger partial charge in [0.2, 0.25) is 5.91 Å². The summed E-state index contributed by atoms with van der Waals surface area (Å²) in [6, 6.07) is 0.209. The summed E-state index contributed by atoms with van der Waals surface area (Å²) in [5, 5.41) is 9.21. The first-order valence-electron chi connectivity index (χ1n) is 7.42. The van der Waals surface area contributed by atoms with E-state index in [0.29, 0.717) is 25.7 Å². The Bertz CT molecular complexity index is 370. The molecule has 1 saturated carbocycles. The van der Waals surface area contributed by atoms with E-state index in [0.717, 1.165) is 19.4 Å². The van der Waals surface area contributed by atoms with E-state index in [1.807, 2.05) is 23.6 Å². The maximum atomic E-state index is 12.4. The average molecular weight is 284 g/mol. The third-order valence-corrected chi connectivity index (χ3v) is 4.23. The molecule has 2 fully saturated rings. The lowest BCUT2D eigenvalue weighted by Gasteiger charge is -2.31. The zero-order valence-electron chi connectivity index (χ0n) is 12.2. The van der Waals surface area contributed by atoms with Gasteiger partial charge in [0.15, 0.2) is 0 Å². The molecule has 0 bridgehead atoms. The van der Waals surface area contributed by atoms with Gasteiger partial charge in [-0.25, -0.2) is 0 Å². The monoisotopic (exact) mass is 284 g/mol. The van der Waals surface area contributed by atoms with Crippen LogP contribution in [0.5, 0.6) is 0 Å². The van der Waals surface area contributed by atoms with Crippen molar-refractivity contribution in [3.8, 4) is 0 Å². The summed E-state index contributed by atoms with van der Waals surface area (Å²) in [5.41, 5.74) is 0.